The molecule has 2 aliphatic rings. The highest BCUT2D eigenvalue weighted by Gasteiger charge is 2.38. The molecule has 0 spiro atoms. The highest BCUT2D eigenvalue weighted by Crippen LogP contribution is 2.30. The van der Waals surface area contributed by atoms with Crippen molar-refractivity contribution >= 4 is 41.6 Å². The van der Waals surface area contributed by atoms with Crippen molar-refractivity contribution in [2.75, 3.05) is 26.2 Å². The number of carbonyl (C=O) groups excluding carboxylic acids is 1. The Bertz CT molecular complexity index is 753. The first-order valence-corrected chi connectivity index (χ1v) is 8.53. The summed E-state index contributed by atoms with van der Waals surface area (Å²) in [5.41, 5.74) is 2.73. The predicted octanol–water partition coefficient (Wildman–Crippen LogP) is 3.49. The zero-order chi connectivity index (χ0) is 16.0. The molecule has 1 N–H and O–H groups in total. The molecule has 4 nitrogen and oxygen atoms in total. The number of rotatable bonds is 2. The highest BCUT2D eigenvalue weighted by molar-refractivity contribution is 6.06. The maximum atomic E-state index is 13.1. The van der Waals surface area contributed by atoms with E-state index in [0.29, 0.717) is 17.8 Å². The molecule has 0 saturated carbocycles. The number of fused-ring (bicyclic) bond motifs is 2. The van der Waals surface area contributed by atoms with E-state index in [1.807, 2.05) is 35.2 Å². The van der Waals surface area contributed by atoms with Crippen LogP contribution in [0.1, 0.15) is 35.8 Å². The van der Waals surface area contributed by atoms with E-state index >= 15 is 0 Å². The molecule has 2 fully saturated rings. The van der Waals surface area contributed by atoms with E-state index in [9.17, 15) is 4.79 Å². The van der Waals surface area contributed by atoms with Crippen LogP contribution in [0, 0.1) is 11.8 Å². The standard InChI is InChI=1S/C19H23N3O.2ClH/c1-12(2)18-7-16(15-5-3-4-6-17(15)21-18)19(23)22-10-13-8-20-9-14(13)11-22;;/h3-7,12-14,20H,8-11H2,1-2H3;2*1H/t13-,14+;;. The average molecular weight is 382 g/mol. The number of para-hydroxylation sites is 1. The van der Waals surface area contributed by atoms with Gasteiger partial charge in [0.1, 0.15) is 0 Å². The molecule has 0 unspecified atom stereocenters. The first-order chi connectivity index (χ1) is 11.1. The van der Waals surface area contributed by atoms with Crippen LogP contribution in [-0.4, -0.2) is 42.0 Å². The molecular formula is C19H25Cl2N3O. The number of hydrogen-bond donors (Lipinski definition) is 1. The van der Waals surface area contributed by atoms with Crippen molar-refractivity contribution in [3.05, 3.63) is 41.6 Å². The van der Waals surface area contributed by atoms with Crippen LogP contribution in [-0.2, 0) is 0 Å². The van der Waals surface area contributed by atoms with E-state index in [0.717, 1.165) is 48.3 Å². The number of hydrogen-bond acceptors (Lipinski definition) is 3. The van der Waals surface area contributed by atoms with Crippen LogP contribution in [0.15, 0.2) is 30.3 Å². The van der Waals surface area contributed by atoms with Crippen molar-refractivity contribution < 1.29 is 4.79 Å². The maximum Gasteiger partial charge on any atom is 0.254 e. The molecule has 136 valence electrons. The minimum absolute atomic E-state index is 0. The number of benzene rings is 1. The number of carbonyl (C=O) groups is 1. The zero-order valence-electron chi connectivity index (χ0n) is 14.6. The van der Waals surface area contributed by atoms with Crippen LogP contribution in [0.4, 0.5) is 0 Å². The lowest BCUT2D eigenvalue weighted by Crippen LogP contribution is -2.32. The van der Waals surface area contributed by atoms with Crippen LogP contribution in [0.2, 0.25) is 0 Å². The summed E-state index contributed by atoms with van der Waals surface area (Å²) in [5, 5.41) is 4.40. The Kier molecular flexibility index (Phi) is 6.30. The second kappa shape index (κ2) is 7.90. The second-order valence-electron chi connectivity index (χ2n) is 7.16. The van der Waals surface area contributed by atoms with Crippen molar-refractivity contribution in [3.8, 4) is 0 Å². The summed E-state index contributed by atoms with van der Waals surface area (Å²) in [6.07, 6.45) is 0. The zero-order valence-corrected chi connectivity index (χ0v) is 16.2. The summed E-state index contributed by atoms with van der Waals surface area (Å²) in [6, 6.07) is 9.98. The number of pyridine rings is 1. The quantitative estimate of drug-likeness (QED) is 0.865. The molecule has 2 aromatic rings. The molecule has 1 aromatic carbocycles. The van der Waals surface area contributed by atoms with Gasteiger partial charge in [0.05, 0.1) is 11.1 Å². The number of aromatic nitrogens is 1. The molecule has 3 heterocycles. The summed E-state index contributed by atoms with van der Waals surface area (Å²) in [5.74, 6) is 1.72. The largest absolute Gasteiger partial charge is 0.338 e. The monoisotopic (exact) mass is 381 g/mol. The lowest BCUT2D eigenvalue weighted by molar-refractivity contribution is 0.0783. The van der Waals surface area contributed by atoms with Gasteiger partial charge >= 0.3 is 0 Å². The molecule has 1 aromatic heterocycles. The second-order valence-corrected chi connectivity index (χ2v) is 7.16. The number of nitrogens with one attached hydrogen (secondary N) is 1. The summed E-state index contributed by atoms with van der Waals surface area (Å²) in [4.78, 5) is 19.9. The van der Waals surface area contributed by atoms with Gasteiger partial charge in [0.15, 0.2) is 0 Å². The maximum absolute atomic E-state index is 13.1. The lowest BCUT2D eigenvalue weighted by Gasteiger charge is -2.19. The van der Waals surface area contributed by atoms with Gasteiger partial charge in [0.25, 0.3) is 5.91 Å². The number of likely N-dealkylation sites (tertiary alicyclic amines) is 1. The minimum atomic E-state index is 0. The lowest BCUT2D eigenvalue weighted by atomic mass is 10.0. The molecule has 0 bridgehead atoms. The Balaban J connectivity index is 0.00000113. The predicted molar refractivity (Wildman–Crippen MR) is 106 cm³/mol. The SMILES string of the molecule is CC(C)c1cc(C(=O)N2C[C@H]3CNC[C@H]3C2)c2ccccc2n1.Cl.Cl. The first kappa shape index (κ1) is 20.0. The van der Waals surface area contributed by atoms with Gasteiger partial charge in [-0.05, 0) is 29.9 Å². The molecule has 0 radical (unpaired) electrons. The van der Waals surface area contributed by atoms with E-state index in [1.54, 1.807) is 0 Å². The van der Waals surface area contributed by atoms with Crippen molar-refractivity contribution in [2.45, 2.75) is 19.8 Å². The Hall–Kier alpha value is -1.36. The summed E-state index contributed by atoms with van der Waals surface area (Å²) >= 11 is 0. The van der Waals surface area contributed by atoms with E-state index in [4.69, 9.17) is 4.98 Å². The third kappa shape index (κ3) is 3.62. The molecule has 1 amide bonds. The van der Waals surface area contributed by atoms with Crippen LogP contribution >= 0.6 is 24.8 Å². The van der Waals surface area contributed by atoms with Crippen LogP contribution in [0.25, 0.3) is 10.9 Å². The van der Waals surface area contributed by atoms with Crippen LogP contribution < -0.4 is 5.32 Å². The molecular weight excluding hydrogens is 357 g/mol. The average Bonchev–Trinajstić information content (AvgIpc) is 3.14. The van der Waals surface area contributed by atoms with Gasteiger partial charge in [-0.25, -0.2) is 0 Å². The van der Waals surface area contributed by atoms with Crippen LogP contribution in [0.5, 0.6) is 0 Å². The van der Waals surface area contributed by atoms with E-state index in [-0.39, 0.29) is 30.7 Å². The minimum Gasteiger partial charge on any atom is -0.338 e. The van der Waals surface area contributed by atoms with E-state index < -0.39 is 0 Å². The van der Waals surface area contributed by atoms with Gasteiger partial charge in [-0.2, -0.15) is 0 Å². The van der Waals surface area contributed by atoms with Crippen molar-refractivity contribution in [2.24, 2.45) is 11.8 Å². The molecule has 4 rings (SSSR count). The molecule has 2 atom stereocenters. The Morgan fingerprint density at radius 2 is 1.80 bits per heavy atom. The van der Waals surface area contributed by atoms with Gasteiger partial charge in [0, 0.05) is 37.3 Å². The Morgan fingerprint density at radius 1 is 1.16 bits per heavy atom. The number of nitrogens with zero attached hydrogens (tertiary/aromatic N) is 2. The third-order valence-electron chi connectivity index (χ3n) is 5.23. The van der Waals surface area contributed by atoms with E-state index in [2.05, 4.69) is 19.2 Å². The molecule has 0 aliphatic carbocycles. The summed E-state index contributed by atoms with van der Waals surface area (Å²) < 4.78 is 0. The van der Waals surface area contributed by atoms with Gasteiger partial charge < -0.3 is 10.2 Å². The van der Waals surface area contributed by atoms with Crippen LogP contribution in [0.3, 0.4) is 0 Å². The summed E-state index contributed by atoms with van der Waals surface area (Å²) in [7, 11) is 0. The number of amides is 1. The molecule has 6 heteroatoms. The first-order valence-electron chi connectivity index (χ1n) is 8.53. The fourth-order valence-corrected chi connectivity index (χ4v) is 3.86. The summed E-state index contributed by atoms with van der Waals surface area (Å²) in [6.45, 7) is 8.09. The van der Waals surface area contributed by atoms with E-state index in [1.165, 1.54) is 0 Å². The van der Waals surface area contributed by atoms with Gasteiger partial charge in [-0.3, -0.25) is 9.78 Å². The fraction of sp³-hybridized carbons (Fsp3) is 0.474. The molecule has 25 heavy (non-hydrogen) atoms. The highest BCUT2D eigenvalue weighted by atomic mass is 35.5. The van der Waals surface area contributed by atoms with Gasteiger partial charge in [0.2, 0.25) is 0 Å². The number of halogens is 2. The fourth-order valence-electron chi connectivity index (χ4n) is 3.86. The smallest absolute Gasteiger partial charge is 0.254 e. The normalized spacial score (nSPS) is 21.8. The molecule has 2 saturated heterocycles. The van der Waals surface area contributed by atoms with Crippen molar-refractivity contribution in [3.63, 3.8) is 0 Å². The van der Waals surface area contributed by atoms with Gasteiger partial charge in [-0.1, -0.05) is 32.0 Å². The van der Waals surface area contributed by atoms with Gasteiger partial charge in [-0.15, -0.1) is 24.8 Å². The topological polar surface area (TPSA) is 45.2 Å². The Labute approximate surface area is 161 Å². The van der Waals surface area contributed by atoms with Crippen molar-refractivity contribution in [1.82, 2.24) is 15.2 Å². The van der Waals surface area contributed by atoms with Crippen molar-refractivity contribution in [1.29, 1.82) is 0 Å². The Morgan fingerprint density at radius 3 is 2.44 bits per heavy atom. The molecule has 2 aliphatic heterocycles. The third-order valence-corrected chi connectivity index (χ3v) is 5.23.